The summed E-state index contributed by atoms with van der Waals surface area (Å²) in [6, 6.07) is 14.3. The molecule has 0 saturated carbocycles. The molecule has 1 saturated heterocycles. The fraction of sp³-hybridized carbons (Fsp3) is 0.308. The molecule has 7 nitrogen and oxygen atoms in total. The number of halogens is 1. The molecule has 35 heavy (non-hydrogen) atoms. The van der Waals surface area contributed by atoms with Crippen LogP contribution in [-0.4, -0.2) is 36.7 Å². The van der Waals surface area contributed by atoms with Crippen LogP contribution in [0.5, 0.6) is 11.6 Å². The van der Waals surface area contributed by atoms with Crippen LogP contribution in [0.2, 0.25) is 0 Å². The number of nitrogens with one attached hydrogen (secondary N) is 1. The Labute approximate surface area is 205 Å². The van der Waals surface area contributed by atoms with Crippen molar-refractivity contribution in [1.29, 1.82) is 0 Å². The van der Waals surface area contributed by atoms with E-state index < -0.39 is 21.8 Å². The van der Waals surface area contributed by atoms with E-state index in [1.54, 1.807) is 12.3 Å². The van der Waals surface area contributed by atoms with E-state index in [0.29, 0.717) is 25.3 Å². The number of ether oxygens (including phenoxy) is 1. The summed E-state index contributed by atoms with van der Waals surface area (Å²) >= 11 is 0. The number of nitrogens with zero attached hydrogens (tertiary/aromatic N) is 2. The highest BCUT2D eigenvalue weighted by molar-refractivity contribution is 7.89. The molecule has 1 atom stereocenters. The van der Waals surface area contributed by atoms with Gasteiger partial charge in [0.15, 0.2) is 0 Å². The molecule has 1 amide bonds. The molecule has 2 aromatic carbocycles. The van der Waals surface area contributed by atoms with E-state index in [0.717, 1.165) is 34.6 Å². The first kappa shape index (κ1) is 24.8. The molecule has 3 aromatic rings. The molecule has 9 heteroatoms. The number of carbonyl (C=O) groups excluding carboxylic acids is 1. The van der Waals surface area contributed by atoms with Gasteiger partial charge in [-0.2, -0.15) is 4.31 Å². The van der Waals surface area contributed by atoms with Crippen molar-refractivity contribution in [2.24, 2.45) is 5.92 Å². The van der Waals surface area contributed by atoms with Gasteiger partial charge in [0.1, 0.15) is 11.6 Å². The predicted octanol–water partition coefficient (Wildman–Crippen LogP) is 4.35. The van der Waals surface area contributed by atoms with Crippen LogP contribution in [0.3, 0.4) is 0 Å². The molecule has 0 radical (unpaired) electrons. The Bertz CT molecular complexity index is 1300. The normalized spacial score (nSPS) is 16.6. The average Bonchev–Trinajstić information content (AvgIpc) is 2.86. The SMILES string of the molecule is Cc1ccc(C)c(Oc2ccc(CNC(=O)C3CCCN(S(=O)(=O)c4ccc(F)cc4)C3)cn2)c1. The Morgan fingerprint density at radius 3 is 2.63 bits per heavy atom. The van der Waals surface area contributed by atoms with Crippen LogP contribution in [0.4, 0.5) is 4.39 Å². The average molecular weight is 498 g/mol. The lowest BCUT2D eigenvalue weighted by atomic mass is 9.99. The van der Waals surface area contributed by atoms with Crippen LogP contribution < -0.4 is 10.1 Å². The molecule has 1 aliphatic heterocycles. The van der Waals surface area contributed by atoms with Gasteiger partial charge in [0.05, 0.1) is 10.8 Å². The van der Waals surface area contributed by atoms with Gasteiger partial charge in [0, 0.05) is 31.9 Å². The Balaban J connectivity index is 1.33. The highest BCUT2D eigenvalue weighted by Gasteiger charge is 2.33. The quantitative estimate of drug-likeness (QED) is 0.524. The van der Waals surface area contributed by atoms with Crippen LogP contribution in [0, 0.1) is 25.6 Å². The molecular weight excluding hydrogens is 469 g/mol. The van der Waals surface area contributed by atoms with E-state index in [1.165, 1.54) is 16.4 Å². The third-order valence-corrected chi connectivity index (χ3v) is 7.91. The van der Waals surface area contributed by atoms with Crippen molar-refractivity contribution in [3.63, 3.8) is 0 Å². The van der Waals surface area contributed by atoms with E-state index in [-0.39, 0.29) is 23.9 Å². The first-order chi connectivity index (χ1) is 16.7. The molecule has 0 bridgehead atoms. The van der Waals surface area contributed by atoms with Crippen molar-refractivity contribution in [1.82, 2.24) is 14.6 Å². The summed E-state index contributed by atoms with van der Waals surface area (Å²) in [4.78, 5) is 17.1. The van der Waals surface area contributed by atoms with Crippen molar-refractivity contribution in [3.8, 4) is 11.6 Å². The summed E-state index contributed by atoms with van der Waals surface area (Å²) in [5.41, 5.74) is 2.91. The maximum absolute atomic E-state index is 13.2. The number of pyridine rings is 1. The van der Waals surface area contributed by atoms with E-state index >= 15 is 0 Å². The molecule has 0 aliphatic carbocycles. The van der Waals surface area contributed by atoms with Crippen LogP contribution in [0.25, 0.3) is 0 Å². The van der Waals surface area contributed by atoms with E-state index in [4.69, 9.17) is 4.74 Å². The van der Waals surface area contributed by atoms with Gasteiger partial charge >= 0.3 is 0 Å². The minimum Gasteiger partial charge on any atom is -0.439 e. The van der Waals surface area contributed by atoms with Crippen molar-refractivity contribution >= 4 is 15.9 Å². The Hall–Kier alpha value is -3.30. The lowest BCUT2D eigenvalue weighted by Crippen LogP contribution is -2.45. The van der Waals surface area contributed by atoms with Gasteiger partial charge in [-0.3, -0.25) is 4.79 Å². The van der Waals surface area contributed by atoms with Gasteiger partial charge in [-0.25, -0.2) is 17.8 Å². The van der Waals surface area contributed by atoms with Gasteiger partial charge in [-0.1, -0.05) is 18.2 Å². The van der Waals surface area contributed by atoms with Crippen molar-refractivity contribution in [3.05, 3.63) is 83.3 Å². The molecular formula is C26H28FN3O4S. The highest BCUT2D eigenvalue weighted by Crippen LogP contribution is 2.26. The minimum atomic E-state index is -3.79. The minimum absolute atomic E-state index is 0.0224. The zero-order valence-electron chi connectivity index (χ0n) is 19.7. The number of rotatable bonds is 7. The largest absolute Gasteiger partial charge is 0.439 e. The molecule has 2 heterocycles. The van der Waals surface area contributed by atoms with Gasteiger partial charge in [0.25, 0.3) is 0 Å². The zero-order chi connectivity index (χ0) is 25.0. The topological polar surface area (TPSA) is 88.6 Å². The maximum atomic E-state index is 13.2. The third-order valence-electron chi connectivity index (χ3n) is 6.03. The van der Waals surface area contributed by atoms with Crippen molar-refractivity contribution < 1.29 is 22.3 Å². The van der Waals surface area contributed by atoms with Crippen LogP contribution >= 0.6 is 0 Å². The lowest BCUT2D eigenvalue weighted by Gasteiger charge is -2.31. The molecule has 1 fully saturated rings. The number of amides is 1. The predicted molar refractivity (Wildman–Crippen MR) is 130 cm³/mol. The first-order valence-electron chi connectivity index (χ1n) is 11.5. The number of benzene rings is 2. The second-order valence-corrected chi connectivity index (χ2v) is 10.7. The van der Waals surface area contributed by atoms with Crippen molar-refractivity contribution in [2.75, 3.05) is 13.1 Å². The summed E-state index contributed by atoms with van der Waals surface area (Å²) in [5.74, 6) is 0.0384. The van der Waals surface area contributed by atoms with Gasteiger partial charge in [0.2, 0.25) is 21.8 Å². The Kier molecular flexibility index (Phi) is 7.47. The van der Waals surface area contributed by atoms with Crippen LogP contribution in [0.15, 0.2) is 65.7 Å². The van der Waals surface area contributed by atoms with E-state index in [1.807, 2.05) is 38.1 Å². The molecule has 1 aromatic heterocycles. The molecule has 1 unspecified atom stereocenters. The Morgan fingerprint density at radius 2 is 1.91 bits per heavy atom. The van der Waals surface area contributed by atoms with Gasteiger partial charge in [-0.05, 0) is 73.7 Å². The Morgan fingerprint density at radius 1 is 1.14 bits per heavy atom. The summed E-state index contributed by atoms with van der Waals surface area (Å²) < 4.78 is 46.2. The smallest absolute Gasteiger partial charge is 0.243 e. The number of sulfonamides is 1. The summed E-state index contributed by atoms with van der Waals surface area (Å²) in [5, 5.41) is 2.88. The number of piperidine rings is 1. The summed E-state index contributed by atoms with van der Waals surface area (Å²) in [7, 11) is -3.79. The number of aryl methyl sites for hydroxylation is 2. The van der Waals surface area contributed by atoms with Gasteiger partial charge < -0.3 is 10.1 Å². The number of carbonyl (C=O) groups is 1. The standard InChI is InChI=1S/C26H28FN3O4S/c1-18-5-6-19(2)24(14-18)34-25-12-7-20(15-28-25)16-29-26(31)21-4-3-13-30(17-21)35(32,33)23-10-8-22(27)9-11-23/h5-12,14-15,21H,3-4,13,16-17H2,1-2H3,(H,29,31). The van der Waals surface area contributed by atoms with Crippen LogP contribution in [0.1, 0.15) is 29.5 Å². The molecule has 0 spiro atoms. The summed E-state index contributed by atoms with van der Waals surface area (Å²) in [6.45, 7) is 4.66. The fourth-order valence-electron chi connectivity index (χ4n) is 3.97. The third kappa shape index (κ3) is 6.04. The lowest BCUT2D eigenvalue weighted by molar-refractivity contribution is -0.126. The molecule has 1 N–H and O–H groups in total. The highest BCUT2D eigenvalue weighted by atomic mass is 32.2. The second kappa shape index (κ2) is 10.5. The molecule has 4 rings (SSSR count). The maximum Gasteiger partial charge on any atom is 0.243 e. The number of hydrogen-bond acceptors (Lipinski definition) is 5. The summed E-state index contributed by atoms with van der Waals surface area (Å²) in [6.07, 6.45) is 2.82. The van der Waals surface area contributed by atoms with Crippen molar-refractivity contribution in [2.45, 2.75) is 38.1 Å². The first-order valence-corrected chi connectivity index (χ1v) is 12.9. The van der Waals surface area contributed by atoms with Gasteiger partial charge in [-0.15, -0.1) is 0 Å². The second-order valence-electron chi connectivity index (χ2n) is 8.75. The molecule has 1 aliphatic rings. The number of hydrogen-bond donors (Lipinski definition) is 1. The van der Waals surface area contributed by atoms with E-state index in [2.05, 4.69) is 10.3 Å². The van der Waals surface area contributed by atoms with Crippen LogP contribution in [-0.2, 0) is 21.4 Å². The van der Waals surface area contributed by atoms with E-state index in [9.17, 15) is 17.6 Å². The zero-order valence-corrected chi connectivity index (χ0v) is 20.5. The fourth-order valence-corrected chi connectivity index (χ4v) is 5.49. The monoisotopic (exact) mass is 497 g/mol. The number of aromatic nitrogens is 1. The molecule has 184 valence electrons.